The number of hydrogen-bond donors (Lipinski definition) is 0. The van der Waals surface area contributed by atoms with Crippen molar-refractivity contribution in [2.24, 2.45) is 0 Å². The molecule has 6 heteroatoms. The molecular formula is C73H60NSSn4+3. The van der Waals surface area contributed by atoms with Crippen LogP contribution >= 0.6 is 0 Å². The van der Waals surface area contributed by atoms with E-state index in [1.54, 1.807) is 0 Å². The second-order valence-corrected chi connectivity index (χ2v) is 46.5. The van der Waals surface area contributed by atoms with Gasteiger partial charge in [0.15, 0.2) is 0 Å². The zero-order chi connectivity index (χ0) is 54.4. The van der Waals surface area contributed by atoms with E-state index in [0.29, 0.717) is 0 Å². The van der Waals surface area contributed by atoms with Crippen molar-refractivity contribution in [3.8, 4) is 5.40 Å². The summed E-state index contributed by atoms with van der Waals surface area (Å²) in [5.41, 5.74) is 0. The quantitative estimate of drug-likeness (QED) is 0.0695. The molecule has 12 rings (SSSR count). The van der Waals surface area contributed by atoms with Crippen molar-refractivity contribution < 1.29 is 0 Å². The molecule has 0 saturated carbocycles. The van der Waals surface area contributed by atoms with Crippen molar-refractivity contribution in [2.75, 3.05) is 0 Å². The van der Waals surface area contributed by atoms with Gasteiger partial charge in [0.2, 0.25) is 0 Å². The summed E-state index contributed by atoms with van der Waals surface area (Å²) in [6.07, 6.45) is 0. The van der Waals surface area contributed by atoms with Gasteiger partial charge in [-0.15, -0.1) is 0 Å². The Labute approximate surface area is 503 Å². The molecule has 376 valence electrons. The van der Waals surface area contributed by atoms with E-state index < -0.39 is 79.0 Å². The summed E-state index contributed by atoms with van der Waals surface area (Å²) in [5.74, 6) is 0. The molecule has 0 spiro atoms. The fraction of sp³-hybridized carbons (Fsp3) is 0. The monoisotopic (exact) mass is 1460 g/mol. The van der Waals surface area contributed by atoms with Crippen LogP contribution in [0.5, 0.6) is 0 Å². The van der Waals surface area contributed by atoms with Crippen LogP contribution in [0.3, 0.4) is 0 Å². The maximum atomic E-state index is 7.13. The van der Waals surface area contributed by atoms with Gasteiger partial charge in [0.25, 0.3) is 0 Å². The first-order valence-corrected chi connectivity index (χ1v) is 43.9. The average molecular weight is 1460 g/mol. The normalized spacial score (nSPS) is 9.81. The van der Waals surface area contributed by atoms with Crippen LogP contribution in [0.15, 0.2) is 364 Å². The molecule has 0 fully saturated rings. The Morgan fingerprint density at radius 1 is 0.165 bits per heavy atom. The van der Waals surface area contributed by atoms with Crippen LogP contribution in [-0.2, 0) is 12.6 Å². The van der Waals surface area contributed by atoms with E-state index in [1.807, 2.05) is 0 Å². The molecule has 0 bridgehead atoms. The van der Waals surface area contributed by atoms with Gasteiger partial charge in [0.1, 0.15) is 0 Å². The van der Waals surface area contributed by atoms with E-state index in [1.165, 1.54) is 48.4 Å². The van der Waals surface area contributed by atoms with Crippen molar-refractivity contribution >= 4 is 135 Å². The van der Waals surface area contributed by atoms with Crippen molar-refractivity contribution in [1.82, 2.24) is 0 Å². The van der Waals surface area contributed by atoms with Crippen LogP contribution in [0, 0.1) is 10.7 Å². The van der Waals surface area contributed by atoms with E-state index in [4.69, 9.17) is 5.26 Å². The number of benzene rings is 12. The summed E-state index contributed by atoms with van der Waals surface area (Å²) in [7, 11) is 0. The SMILES string of the molecule is N#C[S-].c1cc[c]([Sn+]([c]2ccccc2)[c]2ccccc2)cc1.c1cc[c]([Sn+]([c]2ccccc2)[c]2ccccc2)cc1.c1cc[c]([Sn+]([c]2ccccc2)[c]2ccccc2)cc1.c1cc[c]([Sn+]([c]2ccccc2)[c]2ccccc2)cc1. The molecular weight excluding hydrogens is 1400 g/mol. The number of nitrogens with zero attached hydrogens (tertiary/aromatic N) is 1. The predicted octanol–water partition coefficient (Wildman–Crippen LogP) is 8.83. The molecule has 0 N–H and O–H groups in total. The maximum absolute atomic E-state index is 7.13. The molecule has 1 nitrogen and oxygen atoms in total. The number of hydrogen-bond acceptors (Lipinski definition) is 2. The van der Waals surface area contributed by atoms with Gasteiger partial charge in [-0.2, -0.15) is 0 Å². The summed E-state index contributed by atoms with van der Waals surface area (Å²) in [5, 5.41) is 8.47. The van der Waals surface area contributed by atoms with Crippen LogP contribution in [0.4, 0.5) is 0 Å². The van der Waals surface area contributed by atoms with E-state index >= 15 is 0 Å². The van der Waals surface area contributed by atoms with Gasteiger partial charge in [0.05, 0.1) is 0 Å². The Kier molecular flexibility index (Phi) is 25.2. The standard InChI is InChI=1S/12C6H5.CHNS.4Sn/c12*1-2-4-6-5-3-1;2-1-3;;;;/h12*1-5H;3H;;;;/q;;;;;;;;;;;;;4*+1/p-1. The van der Waals surface area contributed by atoms with E-state index in [0.717, 1.165) is 0 Å². The van der Waals surface area contributed by atoms with Crippen LogP contribution in [-0.4, -0.2) is 79.0 Å². The fourth-order valence-electron chi connectivity index (χ4n) is 9.26. The van der Waals surface area contributed by atoms with Gasteiger partial charge in [-0.25, -0.2) is 5.26 Å². The molecule has 0 saturated heterocycles. The van der Waals surface area contributed by atoms with Crippen molar-refractivity contribution in [1.29, 1.82) is 5.26 Å². The van der Waals surface area contributed by atoms with Gasteiger partial charge in [-0.05, 0) is 0 Å². The van der Waals surface area contributed by atoms with Gasteiger partial charge >= 0.3 is 486 Å². The minimum absolute atomic E-state index is 1.33. The van der Waals surface area contributed by atoms with E-state index in [9.17, 15) is 0 Å². The topological polar surface area (TPSA) is 23.8 Å². The first-order valence-electron chi connectivity index (χ1n) is 26.4. The summed E-state index contributed by atoms with van der Waals surface area (Å²) in [6, 6.07) is 132. The Morgan fingerprint density at radius 3 is 0.291 bits per heavy atom. The van der Waals surface area contributed by atoms with Gasteiger partial charge < -0.3 is 12.6 Å². The van der Waals surface area contributed by atoms with Gasteiger partial charge in [0, 0.05) is 0 Å². The molecule has 12 aromatic carbocycles. The molecule has 0 aromatic heterocycles. The van der Waals surface area contributed by atoms with Gasteiger partial charge in [-0.3, -0.25) is 0 Å². The molecule has 0 aliphatic heterocycles. The first-order chi connectivity index (χ1) is 39.2. The molecule has 0 atom stereocenters. The fourth-order valence-corrected chi connectivity index (χ4v) is 38.7. The Hall–Kier alpha value is -6.46. The molecule has 0 radical (unpaired) electrons. The molecule has 0 amide bonds. The summed E-state index contributed by atoms with van der Waals surface area (Å²) >= 11 is -4.23. The van der Waals surface area contributed by atoms with Crippen LogP contribution in [0.1, 0.15) is 0 Å². The third-order valence-corrected chi connectivity index (χ3v) is 43.9. The first kappa shape index (κ1) is 58.7. The zero-order valence-electron chi connectivity index (χ0n) is 44.0. The zero-order valence-corrected chi connectivity index (χ0v) is 56.2. The summed E-state index contributed by atoms with van der Waals surface area (Å²) < 4.78 is 18.4. The predicted molar refractivity (Wildman–Crippen MR) is 349 cm³/mol. The van der Waals surface area contributed by atoms with Gasteiger partial charge in [-0.1, -0.05) is 5.40 Å². The Morgan fingerprint density at radius 2 is 0.228 bits per heavy atom. The van der Waals surface area contributed by atoms with Crippen molar-refractivity contribution in [3.05, 3.63) is 364 Å². The van der Waals surface area contributed by atoms with Crippen LogP contribution in [0.25, 0.3) is 0 Å². The Balaban J connectivity index is 0.000000136. The molecule has 0 unspecified atom stereocenters. The van der Waals surface area contributed by atoms with E-state index in [2.05, 4.69) is 377 Å². The Bertz CT molecular complexity index is 2690. The third-order valence-electron chi connectivity index (χ3n) is 12.7. The molecule has 0 aliphatic carbocycles. The second-order valence-electron chi connectivity index (χ2n) is 18.0. The summed E-state index contributed by atoms with van der Waals surface area (Å²) in [4.78, 5) is 0. The van der Waals surface area contributed by atoms with Crippen molar-refractivity contribution in [3.63, 3.8) is 0 Å². The third kappa shape index (κ3) is 18.3. The average Bonchev–Trinajstić information content (AvgIpc) is 3.55. The van der Waals surface area contributed by atoms with E-state index in [-0.39, 0.29) is 0 Å². The number of thiocyanates is 1. The number of nitriles is 1. The molecule has 79 heavy (non-hydrogen) atoms. The van der Waals surface area contributed by atoms with Crippen LogP contribution < -0.4 is 43.0 Å². The molecule has 0 aliphatic rings. The number of rotatable bonds is 12. The molecule has 0 heterocycles. The second kappa shape index (κ2) is 33.9. The minimum atomic E-state index is -1.98. The van der Waals surface area contributed by atoms with Crippen LogP contribution in [0.2, 0.25) is 0 Å². The molecule has 12 aromatic rings. The summed E-state index contributed by atoms with van der Waals surface area (Å²) in [6.45, 7) is 0. The van der Waals surface area contributed by atoms with Crippen molar-refractivity contribution in [2.45, 2.75) is 0 Å².